The van der Waals surface area contributed by atoms with E-state index in [0.29, 0.717) is 0 Å². The summed E-state index contributed by atoms with van der Waals surface area (Å²) in [4.78, 5) is 2.33. The highest BCUT2D eigenvalue weighted by Crippen LogP contribution is 2.27. The number of hydrogen-bond donors (Lipinski definition) is 1. The van der Waals surface area contributed by atoms with Crippen LogP contribution in [0.15, 0.2) is 24.3 Å². The van der Waals surface area contributed by atoms with E-state index in [0.717, 1.165) is 54.2 Å². The maximum absolute atomic E-state index is 4.78. The molecule has 0 spiro atoms. The second-order valence-corrected chi connectivity index (χ2v) is 5.09. The topological polar surface area (TPSA) is 58.4 Å². The first-order valence-electron chi connectivity index (χ1n) is 6.91. The zero-order valence-electron chi connectivity index (χ0n) is 11.4. The van der Waals surface area contributed by atoms with Gasteiger partial charge in [0.1, 0.15) is 0 Å². The van der Waals surface area contributed by atoms with Crippen LogP contribution in [0.4, 0.5) is 5.82 Å². The second-order valence-electron chi connectivity index (χ2n) is 5.09. The number of fused-ring (bicyclic) bond motifs is 3. The van der Waals surface area contributed by atoms with E-state index in [9.17, 15) is 0 Å². The molecule has 3 heterocycles. The van der Waals surface area contributed by atoms with E-state index in [1.54, 1.807) is 0 Å². The first kappa shape index (κ1) is 11.6. The number of aryl methyl sites for hydroxylation is 1. The van der Waals surface area contributed by atoms with Crippen molar-refractivity contribution in [3.8, 4) is 0 Å². The van der Waals surface area contributed by atoms with Crippen molar-refractivity contribution in [1.29, 1.82) is 0 Å². The number of anilines is 1. The van der Waals surface area contributed by atoms with Crippen LogP contribution in [0.25, 0.3) is 16.4 Å². The van der Waals surface area contributed by atoms with Gasteiger partial charge in [0.2, 0.25) is 0 Å². The molecular formula is C14H16N6. The van der Waals surface area contributed by atoms with Gasteiger partial charge in [-0.05, 0) is 6.92 Å². The molecule has 0 atom stereocenters. The number of nitrogens with zero attached hydrogens (tertiary/aromatic N) is 5. The van der Waals surface area contributed by atoms with Crippen molar-refractivity contribution in [3.05, 3.63) is 30.1 Å². The minimum atomic E-state index is 0.821. The Balaban J connectivity index is 2.03. The van der Waals surface area contributed by atoms with E-state index >= 15 is 0 Å². The van der Waals surface area contributed by atoms with Crippen LogP contribution in [0, 0.1) is 6.92 Å². The van der Waals surface area contributed by atoms with Crippen LogP contribution in [0.3, 0.4) is 0 Å². The molecule has 1 aliphatic rings. The highest BCUT2D eigenvalue weighted by molar-refractivity contribution is 6.00. The van der Waals surface area contributed by atoms with E-state index < -0.39 is 0 Å². The van der Waals surface area contributed by atoms with Gasteiger partial charge in [0, 0.05) is 37.0 Å². The van der Waals surface area contributed by atoms with E-state index in [-0.39, 0.29) is 0 Å². The molecule has 1 aromatic carbocycles. The Kier molecular flexibility index (Phi) is 2.56. The van der Waals surface area contributed by atoms with Crippen molar-refractivity contribution in [2.24, 2.45) is 0 Å². The summed E-state index contributed by atoms with van der Waals surface area (Å²) < 4.78 is 1.85. The summed E-state index contributed by atoms with van der Waals surface area (Å²) in [5.41, 5.74) is 0.831. The monoisotopic (exact) mass is 268 g/mol. The fraction of sp³-hybridized carbons (Fsp3) is 0.357. The van der Waals surface area contributed by atoms with Gasteiger partial charge in [-0.2, -0.15) is 4.52 Å². The maximum Gasteiger partial charge on any atom is 0.185 e. The molecule has 0 unspecified atom stereocenters. The lowest BCUT2D eigenvalue weighted by molar-refractivity contribution is 0.583. The predicted molar refractivity (Wildman–Crippen MR) is 78.1 cm³/mol. The van der Waals surface area contributed by atoms with Gasteiger partial charge in [0.15, 0.2) is 17.3 Å². The first-order valence-corrected chi connectivity index (χ1v) is 6.91. The third kappa shape index (κ3) is 1.65. The lowest BCUT2D eigenvalue weighted by Gasteiger charge is -2.29. The van der Waals surface area contributed by atoms with Crippen molar-refractivity contribution in [2.45, 2.75) is 6.92 Å². The first-order chi connectivity index (χ1) is 9.84. The number of nitrogens with one attached hydrogen (secondary N) is 1. The molecule has 1 fully saturated rings. The quantitative estimate of drug-likeness (QED) is 0.713. The smallest absolute Gasteiger partial charge is 0.185 e. The van der Waals surface area contributed by atoms with Gasteiger partial charge >= 0.3 is 0 Å². The minimum Gasteiger partial charge on any atom is -0.352 e. The average Bonchev–Trinajstić information content (AvgIpc) is 2.89. The Bertz CT molecular complexity index is 772. The summed E-state index contributed by atoms with van der Waals surface area (Å²) >= 11 is 0. The maximum atomic E-state index is 4.78. The fourth-order valence-corrected chi connectivity index (χ4v) is 2.78. The molecule has 20 heavy (non-hydrogen) atoms. The molecule has 6 nitrogen and oxygen atoms in total. The predicted octanol–water partition coefficient (Wildman–Crippen LogP) is 0.996. The van der Waals surface area contributed by atoms with Crippen LogP contribution in [-0.2, 0) is 0 Å². The number of rotatable bonds is 1. The molecule has 0 amide bonds. The Morgan fingerprint density at radius 1 is 1.05 bits per heavy atom. The molecule has 0 bridgehead atoms. The molecule has 0 saturated carbocycles. The molecule has 0 radical (unpaired) electrons. The number of hydrogen-bond acceptors (Lipinski definition) is 5. The van der Waals surface area contributed by atoms with Crippen molar-refractivity contribution in [3.63, 3.8) is 0 Å². The Hall–Kier alpha value is -2.21. The molecule has 1 aliphatic heterocycles. The van der Waals surface area contributed by atoms with Crippen molar-refractivity contribution in [1.82, 2.24) is 25.1 Å². The summed E-state index contributed by atoms with van der Waals surface area (Å²) in [6.07, 6.45) is 0. The molecule has 3 aromatic rings. The highest BCUT2D eigenvalue weighted by atomic mass is 15.4. The van der Waals surface area contributed by atoms with Crippen LogP contribution in [-0.4, -0.2) is 46.0 Å². The molecule has 102 valence electrons. The zero-order chi connectivity index (χ0) is 13.5. The average molecular weight is 268 g/mol. The van der Waals surface area contributed by atoms with Gasteiger partial charge in [-0.3, -0.25) is 0 Å². The van der Waals surface area contributed by atoms with Gasteiger partial charge < -0.3 is 10.2 Å². The number of aromatic nitrogens is 4. The molecule has 1 saturated heterocycles. The van der Waals surface area contributed by atoms with E-state index in [2.05, 4.69) is 38.6 Å². The largest absolute Gasteiger partial charge is 0.352 e. The van der Waals surface area contributed by atoms with E-state index in [1.807, 2.05) is 17.5 Å². The molecule has 6 heteroatoms. The summed E-state index contributed by atoms with van der Waals surface area (Å²) in [7, 11) is 0. The molecule has 2 aromatic heterocycles. The van der Waals surface area contributed by atoms with Crippen molar-refractivity contribution in [2.75, 3.05) is 31.1 Å². The summed E-state index contributed by atoms with van der Waals surface area (Å²) in [6.45, 7) is 5.88. The summed E-state index contributed by atoms with van der Waals surface area (Å²) in [6, 6.07) is 8.29. The Morgan fingerprint density at radius 3 is 2.60 bits per heavy atom. The highest BCUT2D eigenvalue weighted by Gasteiger charge is 2.18. The molecule has 0 aliphatic carbocycles. The normalized spacial score (nSPS) is 16.1. The van der Waals surface area contributed by atoms with Crippen LogP contribution in [0.5, 0.6) is 0 Å². The third-order valence-electron chi connectivity index (χ3n) is 3.82. The Morgan fingerprint density at radius 2 is 1.80 bits per heavy atom. The van der Waals surface area contributed by atoms with Gasteiger partial charge in [-0.15, -0.1) is 15.3 Å². The van der Waals surface area contributed by atoms with Gasteiger partial charge in [0.05, 0.1) is 0 Å². The van der Waals surface area contributed by atoms with Gasteiger partial charge in [0.25, 0.3) is 0 Å². The fourth-order valence-electron chi connectivity index (χ4n) is 2.78. The standard InChI is InChI=1S/C14H16N6/c1-10-16-17-13-11-4-2-3-5-12(11)14(18-20(10)13)19-8-6-15-7-9-19/h2-5,15H,6-9H2,1H3. The SMILES string of the molecule is Cc1nnc2c3ccccc3c(N3CCNCC3)nn12. The van der Waals surface area contributed by atoms with E-state index in [1.165, 1.54) is 0 Å². The van der Waals surface area contributed by atoms with Gasteiger partial charge in [-0.25, -0.2) is 0 Å². The van der Waals surface area contributed by atoms with Crippen LogP contribution < -0.4 is 10.2 Å². The van der Waals surface area contributed by atoms with E-state index in [4.69, 9.17) is 5.10 Å². The molecule has 1 N–H and O–H groups in total. The zero-order valence-corrected chi connectivity index (χ0v) is 11.4. The lowest BCUT2D eigenvalue weighted by atomic mass is 10.1. The Labute approximate surface area is 116 Å². The summed E-state index contributed by atoms with van der Waals surface area (Å²) in [5.74, 6) is 1.85. The van der Waals surface area contributed by atoms with Crippen molar-refractivity contribution < 1.29 is 0 Å². The van der Waals surface area contributed by atoms with Crippen molar-refractivity contribution >= 4 is 22.2 Å². The third-order valence-corrected chi connectivity index (χ3v) is 3.82. The molecule has 4 rings (SSSR count). The van der Waals surface area contributed by atoms with Crippen LogP contribution in [0.1, 0.15) is 5.82 Å². The number of piperazine rings is 1. The second kappa shape index (κ2) is 4.42. The van der Waals surface area contributed by atoms with Crippen LogP contribution >= 0.6 is 0 Å². The van der Waals surface area contributed by atoms with Gasteiger partial charge in [-0.1, -0.05) is 24.3 Å². The summed E-state index contributed by atoms with van der Waals surface area (Å²) in [5, 5.41) is 18.8. The lowest BCUT2D eigenvalue weighted by Crippen LogP contribution is -2.44. The number of benzene rings is 1. The van der Waals surface area contributed by atoms with Crippen LogP contribution in [0.2, 0.25) is 0 Å². The minimum absolute atomic E-state index is 0.821. The molecular weight excluding hydrogens is 252 g/mol.